The second kappa shape index (κ2) is 15.6. The number of carboxylic acids is 1. The Morgan fingerprint density at radius 3 is 2.47 bits per heavy atom. The number of alkyl halides is 3. The Labute approximate surface area is 246 Å². The number of hydrogen-bond acceptors (Lipinski definition) is 6. The van der Waals surface area contributed by atoms with Gasteiger partial charge in [0.1, 0.15) is 22.9 Å². The number of H-pyrrole nitrogens is 1. The summed E-state index contributed by atoms with van der Waals surface area (Å²) in [4.78, 5) is 41.6. The van der Waals surface area contributed by atoms with Gasteiger partial charge < -0.3 is 24.6 Å². The summed E-state index contributed by atoms with van der Waals surface area (Å²) >= 11 is 0. The summed E-state index contributed by atoms with van der Waals surface area (Å²) in [7, 11) is 1.61. The molecule has 4 aromatic rings. The van der Waals surface area contributed by atoms with Crippen molar-refractivity contribution in [2.75, 3.05) is 7.11 Å². The first-order chi connectivity index (χ1) is 20.5. The average Bonchev–Trinajstić information content (AvgIpc) is 3.64. The number of carboxylic acid groups (broad SMARTS) is 1. The van der Waals surface area contributed by atoms with E-state index in [1.807, 2.05) is 55.5 Å². The lowest BCUT2D eigenvalue weighted by atomic mass is 10.0. The topological polar surface area (TPSA) is 135 Å². The van der Waals surface area contributed by atoms with Crippen LogP contribution in [0.5, 0.6) is 5.75 Å². The van der Waals surface area contributed by atoms with Crippen molar-refractivity contribution < 1.29 is 41.8 Å². The molecule has 0 aliphatic rings. The lowest BCUT2D eigenvalue weighted by Crippen LogP contribution is -2.30. The number of aromatic nitrogens is 2. The van der Waals surface area contributed by atoms with E-state index in [0.717, 1.165) is 53.7 Å². The van der Waals surface area contributed by atoms with Crippen LogP contribution in [0.2, 0.25) is 0 Å². The van der Waals surface area contributed by atoms with Gasteiger partial charge in [-0.05, 0) is 30.5 Å². The van der Waals surface area contributed by atoms with Crippen LogP contribution in [0.4, 0.5) is 13.2 Å². The van der Waals surface area contributed by atoms with Crippen LogP contribution in [0, 0.1) is 0 Å². The van der Waals surface area contributed by atoms with Crippen LogP contribution in [-0.4, -0.2) is 46.0 Å². The second-order valence-electron chi connectivity index (χ2n) is 9.76. The molecule has 12 heteroatoms. The summed E-state index contributed by atoms with van der Waals surface area (Å²) in [5.41, 5.74) is 3.47. The van der Waals surface area contributed by atoms with Gasteiger partial charge in [-0.2, -0.15) is 13.2 Å². The minimum Gasteiger partial charge on any atom is -0.497 e. The monoisotopic (exact) mass is 601 g/mol. The largest absolute Gasteiger partial charge is 0.497 e. The summed E-state index contributed by atoms with van der Waals surface area (Å²) in [5.74, 6) is -1.12. The van der Waals surface area contributed by atoms with Gasteiger partial charge in [0.15, 0.2) is 0 Å². The molecule has 0 spiro atoms. The van der Waals surface area contributed by atoms with Crippen LogP contribution in [0.15, 0.2) is 65.4 Å². The molecule has 9 nitrogen and oxygen atoms in total. The number of nitrogens with one attached hydrogen (secondary N) is 2. The number of amides is 1. The number of furan rings is 1. The van der Waals surface area contributed by atoms with E-state index in [0.29, 0.717) is 30.0 Å². The Hall–Kier alpha value is -4.61. The molecule has 0 unspecified atom stereocenters. The van der Waals surface area contributed by atoms with E-state index < -0.39 is 12.1 Å². The Morgan fingerprint density at radius 1 is 1.09 bits per heavy atom. The Balaban J connectivity index is 0.000000646. The molecule has 230 valence electrons. The minimum atomic E-state index is -5.08. The zero-order valence-corrected chi connectivity index (χ0v) is 23.9. The van der Waals surface area contributed by atoms with Gasteiger partial charge in [-0.25, -0.2) is 9.78 Å². The predicted molar refractivity (Wildman–Crippen MR) is 153 cm³/mol. The van der Waals surface area contributed by atoms with Crippen LogP contribution in [0.25, 0.3) is 22.2 Å². The van der Waals surface area contributed by atoms with E-state index in [9.17, 15) is 22.8 Å². The fourth-order valence-electron chi connectivity index (χ4n) is 4.33. The third-order valence-corrected chi connectivity index (χ3v) is 6.64. The highest BCUT2D eigenvalue weighted by Crippen LogP contribution is 2.27. The molecule has 4 rings (SSSR count). The lowest BCUT2D eigenvalue weighted by molar-refractivity contribution is -0.192. The van der Waals surface area contributed by atoms with Gasteiger partial charge in [-0.3, -0.25) is 9.59 Å². The summed E-state index contributed by atoms with van der Waals surface area (Å²) in [6, 6.07) is 15.3. The summed E-state index contributed by atoms with van der Waals surface area (Å²) in [5, 5.41) is 11.2. The SMILES string of the molecule is CCC(=O)CCCCC[C@H](NC(=O)Cc1coc2cc(OC)ccc12)c1ncc(-c2ccccc2)[nH]1.O=C(O)C(F)(F)F. The molecule has 1 atom stereocenters. The molecule has 2 aromatic heterocycles. The van der Waals surface area contributed by atoms with Crippen molar-refractivity contribution in [3.05, 3.63) is 72.4 Å². The van der Waals surface area contributed by atoms with Crippen molar-refractivity contribution in [3.63, 3.8) is 0 Å². The molecular formula is C31H34F3N3O6. The molecule has 1 amide bonds. The number of Topliss-reactive ketones (excluding diaryl/α,β-unsaturated/α-hetero) is 1. The number of hydrogen-bond donors (Lipinski definition) is 3. The third kappa shape index (κ3) is 10.0. The number of nitrogens with zero attached hydrogens (tertiary/aromatic N) is 1. The van der Waals surface area contributed by atoms with Crippen molar-refractivity contribution >= 4 is 28.6 Å². The van der Waals surface area contributed by atoms with Gasteiger partial charge in [-0.1, -0.05) is 50.1 Å². The van der Waals surface area contributed by atoms with Crippen LogP contribution in [0.3, 0.4) is 0 Å². The highest BCUT2D eigenvalue weighted by Gasteiger charge is 2.38. The highest BCUT2D eigenvalue weighted by molar-refractivity contribution is 5.88. The van der Waals surface area contributed by atoms with Crippen molar-refractivity contribution in [1.29, 1.82) is 0 Å². The molecule has 2 aromatic carbocycles. The molecule has 2 heterocycles. The summed E-state index contributed by atoms with van der Waals surface area (Å²) in [6.45, 7) is 1.90. The fourth-order valence-corrected chi connectivity index (χ4v) is 4.33. The van der Waals surface area contributed by atoms with Gasteiger partial charge >= 0.3 is 12.1 Å². The van der Waals surface area contributed by atoms with E-state index in [4.69, 9.17) is 19.1 Å². The maximum Gasteiger partial charge on any atom is 0.490 e. The zero-order chi connectivity index (χ0) is 31.4. The summed E-state index contributed by atoms with van der Waals surface area (Å²) < 4.78 is 42.6. The number of aromatic amines is 1. The molecule has 0 aliphatic heterocycles. The number of methoxy groups -OCH3 is 1. The Morgan fingerprint density at radius 2 is 1.81 bits per heavy atom. The smallest absolute Gasteiger partial charge is 0.490 e. The van der Waals surface area contributed by atoms with Crippen molar-refractivity contribution in [2.45, 2.75) is 64.1 Å². The van der Waals surface area contributed by atoms with Gasteiger partial charge in [0.25, 0.3) is 0 Å². The van der Waals surface area contributed by atoms with Crippen molar-refractivity contribution in [2.24, 2.45) is 0 Å². The number of fused-ring (bicyclic) bond motifs is 1. The van der Waals surface area contributed by atoms with Crippen molar-refractivity contribution in [3.8, 4) is 17.0 Å². The Kier molecular flexibility index (Phi) is 11.9. The number of rotatable bonds is 13. The first-order valence-electron chi connectivity index (χ1n) is 13.8. The standard InChI is InChI=1S/C29H33N3O4.C2HF3O2/c1-3-22(33)12-8-5-9-13-25(29-30-18-26(32-29)20-10-6-4-7-11-20)31-28(34)16-21-19-36-27-17-23(35-2)14-15-24(21)27;3-2(4,5)1(6)7/h4,6-7,10-11,14-15,17-19,25H,3,5,8-9,12-13,16H2,1-2H3,(H,30,32)(H,31,34);(H,6,7)/t25-;/m0./s1. The van der Waals surface area contributed by atoms with Gasteiger partial charge in [0, 0.05) is 29.9 Å². The number of imidazole rings is 1. The fraction of sp³-hybridized carbons (Fsp3) is 0.355. The maximum atomic E-state index is 13.1. The van der Waals surface area contributed by atoms with Gasteiger partial charge in [0.05, 0.1) is 37.7 Å². The summed E-state index contributed by atoms with van der Waals surface area (Å²) in [6.07, 6.45) is 3.17. The van der Waals surface area contributed by atoms with Crippen LogP contribution >= 0.6 is 0 Å². The number of aliphatic carboxylic acids is 1. The van der Waals surface area contributed by atoms with Crippen LogP contribution in [-0.2, 0) is 20.8 Å². The van der Waals surface area contributed by atoms with E-state index in [2.05, 4.69) is 15.3 Å². The first kappa shape index (κ1) is 32.9. The quantitative estimate of drug-likeness (QED) is 0.144. The zero-order valence-electron chi connectivity index (χ0n) is 23.9. The highest BCUT2D eigenvalue weighted by atomic mass is 19.4. The molecule has 0 bridgehead atoms. The number of carbonyl (C=O) groups excluding carboxylic acids is 2. The molecule has 3 N–H and O–H groups in total. The first-order valence-corrected chi connectivity index (χ1v) is 13.8. The number of benzene rings is 2. The normalized spacial score (nSPS) is 11.8. The third-order valence-electron chi connectivity index (χ3n) is 6.64. The van der Waals surface area contributed by atoms with Gasteiger partial charge in [-0.15, -0.1) is 0 Å². The number of ketones is 1. The molecule has 0 aliphatic carbocycles. The second-order valence-corrected chi connectivity index (χ2v) is 9.76. The van der Waals surface area contributed by atoms with E-state index in [1.54, 1.807) is 19.6 Å². The number of halogens is 3. The number of unbranched alkanes of at least 4 members (excludes halogenated alkanes) is 2. The number of ether oxygens (including phenoxy) is 1. The molecule has 0 radical (unpaired) electrons. The van der Waals surface area contributed by atoms with Gasteiger partial charge in [0.2, 0.25) is 5.91 Å². The molecule has 0 fully saturated rings. The predicted octanol–water partition coefficient (Wildman–Crippen LogP) is 6.79. The molecule has 0 saturated heterocycles. The molecule has 43 heavy (non-hydrogen) atoms. The number of carbonyl (C=O) groups is 3. The molecular weight excluding hydrogens is 567 g/mol. The maximum absolute atomic E-state index is 13.1. The average molecular weight is 602 g/mol. The lowest BCUT2D eigenvalue weighted by Gasteiger charge is -2.17. The van der Waals surface area contributed by atoms with Crippen LogP contribution in [0.1, 0.15) is 62.9 Å². The molecule has 0 saturated carbocycles. The van der Waals surface area contributed by atoms with Crippen LogP contribution < -0.4 is 10.1 Å². The van der Waals surface area contributed by atoms with Crippen molar-refractivity contribution in [1.82, 2.24) is 15.3 Å². The Bertz CT molecular complexity index is 1500. The van der Waals surface area contributed by atoms with E-state index in [-0.39, 0.29) is 18.4 Å². The minimum absolute atomic E-state index is 0.0997. The van der Waals surface area contributed by atoms with E-state index in [1.165, 1.54) is 0 Å². The van der Waals surface area contributed by atoms with E-state index >= 15 is 0 Å².